The number of amides is 1. The van der Waals surface area contributed by atoms with Gasteiger partial charge in [-0.05, 0) is 108 Å². The number of thioether (sulfide) groups is 1. The molecule has 9 rings (SSSR count). The molecule has 3 aliphatic heterocycles. The summed E-state index contributed by atoms with van der Waals surface area (Å²) in [6.45, 7) is 9.87. The van der Waals surface area contributed by atoms with E-state index in [-0.39, 0.29) is 5.91 Å². The van der Waals surface area contributed by atoms with Gasteiger partial charge in [-0.3, -0.25) is 14.6 Å². The topological polar surface area (TPSA) is 67.5 Å². The van der Waals surface area contributed by atoms with Gasteiger partial charge in [0, 0.05) is 84.4 Å². The lowest BCUT2D eigenvalue weighted by atomic mass is 9.72. The third kappa shape index (κ3) is 6.80. The van der Waals surface area contributed by atoms with E-state index in [1.165, 1.54) is 64.7 Å². The minimum Gasteiger partial charge on any atom is -0.361 e. The average Bonchev–Trinajstić information content (AvgIpc) is 3.85. The largest absolute Gasteiger partial charge is 0.361 e. The van der Waals surface area contributed by atoms with Crippen molar-refractivity contribution >= 4 is 73.3 Å². The molecule has 50 heavy (non-hydrogen) atoms. The number of piperidine rings is 1. The molecule has 2 N–H and O–H groups in total. The Morgan fingerprint density at radius 2 is 1.90 bits per heavy atom. The van der Waals surface area contributed by atoms with Crippen molar-refractivity contribution in [2.24, 2.45) is 5.92 Å². The maximum absolute atomic E-state index is 11.6. The van der Waals surface area contributed by atoms with Crippen LogP contribution in [0.5, 0.6) is 0 Å². The summed E-state index contributed by atoms with van der Waals surface area (Å²) < 4.78 is 5.94. The number of nitrogens with zero attached hydrogens (tertiary/aromatic N) is 4. The van der Waals surface area contributed by atoms with Gasteiger partial charge >= 0.3 is 0 Å². The SMILES string of the molecule is CCCN1C[C@H](CSC)C[C@@H]2c3cccc4[nH]cc(c34)C[C@H]21.O=C1Cc2cc(CCN3CCN(c4nsc5ccccc45)CC3)c(Cl)cc2N1. The molecule has 2 aromatic heterocycles. The van der Waals surface area contributed by atoms with Crippen LogP contribution in [-0.2, 0) is 24.1 Å². The Hall–Kier alpha value is -3.08. The summed E-state index contributed by atoms with van der Waals surface area (Å²) in [4.78, 5) is 22.7. The van der Waals surface area contributed by atoms with Crippen molar-refractivity contribution < 1.29 is 4.79 Å². The van der Waals surface area contributed by atoms with Gasteiger partial charge in [-0.25, -0.2) is 0 Å². The number of rotatable bonds is 8. The van der Waals surface area contributed by atoms with Crippen molar-refractivity contribution in [3.63, 3.8) is 0 Å². The van der Waals surface area contributed by atoms with Gasteiger partial charge in [-0.2, -0.15) is 16.1 Å². The van der Waals surface area contributed by atoms with Crippen LogP contribution in [0.1, 0.15) is 47.9 Å². The number of carbonyl (C=O) groups excluding carboxylic acids is 1. The first-order chi connectivity index (χ1) is 24.5. The van der Waals surface area contributed by atoms with Gasteiger partial charge in [0.1, 0.15) is 5.82 Å². The van der Waals surface area contributed by atoms with E-state index in [1.54, 1.807) is 17.1 Å². The number of aromatic nitrogens is 2. The lowest BCUT2D eigenvalue weighted by molar-refractivity contribution is -0.115. The zero-order chi connectivity index (χ0) is 34.2. The number of hydrogen-bond donors (Lipinski definition) is 2. The van der Waals surface area contributed by atoms with Crippen molar-refractivity contribution in [2.75, 3.05) is 68.0 Å². The fourth-order valence-corrected chi connectivity index (χ4v) is 10.6. The Labute approximate surface area is 308 Å². The number of benzene rings is 3. The van der Waals surface area contributed by atoms with Gasteiger partial charge in [-0.15, -0.1) is 0 Å². The molecule has 262 valence electrons. The van der Waals surface area contributed by atoms with E-state index >= 15 is 0 Å². The quantitative estimate of drug-likeness (QED) is 0.169. The molecule has 1 amide bonds. The molecule has 5 heterocycles. The zero-order valence-corrected chi connectivity index (χ0v) is 31.5. The van der Waals surface area contributed by atoms with Crippen LogP contribution in [0.2, 0.25) is 5.02 Å². The molecule has 2 saturated heterocycles. The molecular formula is C40H47ClN6OS2. The molecule has 2 fully saturated rings. The molecule has 0 saturated carbocycles. The minimum atomic E-state index is 0.0499. The fraction of sp³-hybridized carbons (Fsp3) is 0.450. The van der Waals surface area contributed by atoms with E-state index in [4.69, 9.17) is 11.6 Å². The zero-order valence-electron chi connectivity index (χ0n) is 29.1. The normalized spacial score (nSPS) is 21.9. The molecule has 0 bridgehead atoms. The van der Waals surface area contributed by atoms with Crippen molar-refractivity contribution in [1.82, 2.24) is 19.2 Å². The van der Waals surface area contributed by atoms with E-state index in [0.717, 1.165) is 78.6 Å². The van der Waals surface area contributed by atoms with E-state index < -0.39 is 0 Å². The Bertz CT molecular complexity index is 1980. The third-order valence-corrected chi connectivity index (χ3v) is 13.2. The molecule has 4 aliphatic rings. The Morgan fingerprint density at radius 1 is 1.04 bits per heavy atom. The first-order valence-corrected chi connectivity index (χ1v) is 20.8. The summed E-state index contributed by atoms with van der Waals surface area (Å²) in [6, 6.07) is 20.0. The second-order valence-electron chi connectivity index (χ2n) is 14.4. The van der Waals surface area contributed by atoms with E-state index in [2.05, 4.69) is 97.3 Å². The summed E-state index contributed by atoms with van der Waals surface area (Å²) in [5, 5.41) is 6.39. The van der Waals surface area contributed by atoms with Gasteiger partial charge < -0.3 is 15.2 Å². The Balaban J connectivity index is 0.000000149. The number of piperazine rings is 1. The number of likely N-dealkylation sites (tertiary alicyclic amines) is 1. The summed E-state index contributed by atoms with van der Waals surface area (Å²) in [5.74, 6) is 4.05. The minimum absolute atomic E-state index is 0.0499. The molecule has 5 aromatic rings. The highest BCUT2D eigenvalue weighted by Gasteiger charge is 2.40. The number of hydrogen-bond acceptors (Lipinski definition) is 7. The highest BCUT2D eigenvalue weighted by molar-refractivity contribution is 7.98. The van der Waals surface area contributed by atoms with Gasteiger partial charge in [0.15, 0.2) is 0 Å². The number of anilines is 2. The first kappa shape index (κ1) is 34.0. The van der Waals surface area contributed by atoms with E-state index in [1.807, 2.05) is 17.8 Å². The van der Waals surface area contributed by atoms with Gasteiger partial charge in [-0.1, -0.05) is 48.9 Å². The van der Waals surface area contributed by atoms with Crippen LogP contribution >= 0.6 is 34.9 Å². The van der Waals surface area contributed by atoms with E-state index in [0.29, 0.717) is 12.5 Å². The predicted molar refractivity (Wildman–Crippen MR) is 213 cm³/mol. The Morgan fingerprint density at radius 3 is 2.74 bits per heavy atom. The maximum Gasteiger partial charge on any atom is 0.228 e. The number of fused-ring (bicyclic) bond motifs is 4. The number of H-pyrrole nitrogens is 1. The molecule has 0 spiro atoms. The molecule has 10 heteroatoms. The van der Waals surface area contributed by atoms with Crippen molar-refractivity contribution in [2.45, 2.75) is 51.0 Å². The van der Waals surface area contributed by atoms with Gasteiger partial charge in [0.05, 0.1) is 11.1 Å². The number of carbonyl (C=O) groups is 1. The molecule has 0 unspecified atom stereocenters. The lowest BCUT2D eigenvalue weighted by Gasteiger charge is -2.47. The Kier molecular flexibility index (Phi) is 10.1. The van der Waals surface area contributed by atoms with Crippen molar-refractivity contribution in [3.8, 4) is 0 Å². The van der Waals surface area contributed by atoms with Crippen LogP contribution in [0.25, 0.3) is 21.0 Å². The fourth-order valence-electron chi connectivity index (χ4n) is 8.85. The molecule has 3 atom stereocenters. The second kappa shape index (κ2) is 14.9. The average molecular weight is 727 g/mol. The maximum atomic E-state index is 11.6. The van der Waals surface area contributed by atoms with Gasteiger partial charge in [0.2, 0.25) is 5.91 Å². The summed E-state index contributed by atoms with van der Waals surface area (Å²) in [6.07, 6.45) is 9.73. The van der Waals surface area contributed by atoms with Crippen molar-refractivity contribution in [3.05, 3.63) is 88.1 Å². The number of halogens is 1. The summed E-state index contributed by atoms with van der Waals surface area (Å²) in [7, 11) is 0. The second-order valence-corrected chi connectivity index (χ2v) is 16.5. The predicted octanol–water partition coefficient (Wildman–Crippen LogP) is 8.08. The monoisotopic (exact) mass is 726 g/mol. The van der Waals surface area contributed by atoms with Crippen LogP contribution in [-0.4, -0.2) is 88.9 Å². The molecule has 0 radical (unpaired) electrons. The summed E-state index contributed by atoms with van der Waals surface area (Å²) >= 11 is 10.0. The highest BCUT2D eigenvalue weighted by Crippen LogP contribution is 2.45. The number of aromatic amines is 1. The smallest absolute Gasteiger partial charge is 0.228 e. The lowest BCUT2D eigenvalue weighted by Crippen LogP contribution is -2.50. The first-order valence-electron chi connectivity index (χ1n) is 18.2. The van der Waals surface area contributed by atoms with Crippen LogP contribution in [0.15, 0.2) is 60.8 Å². The van der Waals surface area contributed by atoms with Crippen LogP contribution in [0, 0.1) is 5.92 Å². The molecular weight excluding hydrogens is 680 g/mol. The molecule has 7 nitrogen and oxygen atoms in total. The summed E-state index contributed by atoms with van der Waals surface area (Å²) in [5.41, 5.74) is 7.53. The van der Waals surface area contributed by atoms with Gasteiger partial charge in [0.25, 0.3) is 0 Å². The standard InChI is InChI=1S/C21H21ClN4OS.C19H26N2S/c22-17-13-18-15(12-20(27)23-18)11-14(17)5-6-25-7-9-26(10-8-25)21-16-3-1-2-4-19(16)28-24-21;1-3-7-21-11-13(12-22-2)8-16-15-5-4-6-17-19(15)14(10-20-17)9-18(16)21/h1-4,11,13H,5-10,12H2,(H,23,27);4-6,10,13,16,18,20H,3,7-9,11-12H2,1-2H3/t;13-,16-,18-/m.1/s1. The van der Waals surface area contributed by atoms with Crippen LogP contribution < -0.4 is 10.2 Å². The molecule has 3 aromatic carbocycles. The van der Waals surface area contributed by atoms with Crippen molar-refractivity contribution in [1.29, 1.82) is 0 Å². The third-order valence-electron chi connectivity index (χ3n) is 11.2. The van der Waals surface area contributed by atoms with Crippen LogP contribution in [0.3, 0.4) is 0 Å². The van der Waals surface area contributed by atoms with Crippen LogP contribution in [0.4, 0.5) is 11.5 Å². The van der Waals surface area contributed by atoms with E-state index in [9.17, 15) is 4.79 Å². The molecule has 1 aliphatic carbocycles. The number of nitrogens with one attached hydrogen (secondary N) is 2. The highest BCUT2D eigenvalue weighted by atomic mass is 35.5.